The fourth-order valence-corrected chi connectivity index (χ4v) is 6.89. The number of nitrogens with zero attached hydrogens (tertiary/aromatic N) is 1. The van der Waals surface area contributed by atoms with Gasteiger partial charge < -0.3 is 9.47 Å². The number of esters is 1. The molecule has 0 spiro atoms. The zero-order valence-electron chi connectivity index (χ0n) is 20.0. The highest BCUT2D eigenvalue weighted by molar-refractivity contribution is 5.75. The number of hydrogen-bond donors (Lipinski definition) is 0. The number of rotatable bonds is 2. The number of piperidine rings is 1. The molecule has 0 aromatic carbocycles. The Hall–Kier alpha value is -1.52. The molecule has 8 atom stereocenters. The lowest BCUT2D eigenvalue weighted by Crippen LogP contribution is -2.50. The summed E-state index contributed by atoms with van der Waals surface area (Å²) in [5.41, 5.74) is -0.495. The molecule has 2 aliphatic carbocycles. The Morgan fingerprint density at radius 2 is 1.81 bits per heavy atom. The maximum atomic E-state index is 13.0. The third-order valence-corrected chi connectivity index (χ3v) is 8.19. The molecule has 0 unspecified atom stereocenters. The van der Waals surface area contributed by atoms with Crippen molar-refractivity contribution in [3.8, 4) is 0 Å². The van der Waals surface area contributed by atoms with E-state index in [1.54, 1.807) is 0 Å². The van der Waals surface area contributed by atoms with Gasteiger partial charge in [-0.1, -0.05) is 31.4 Å². The summed E-state index contributed by atoms with van der Waals surface area (Å²) in [6, 6.07) is 0.240. The van der Waals surface area contributed by atoms with E-state index in [4.69, 9.17) is 9.47 Å². The number of amides is 1. The quantitative estimate of drug-likeness (QED) is 0.414. The Bertz CT molecular complexity index is 711. The minimum atomic E-state index is -0.495. The molecular weight excluding hydrogens is 390 g/mol. The van der Waals surface area contributed by atoms with Crippen molar-refractivity contribution in [2.24, 2.45) is 29.6 Å². The first-order valence-electron chi connectivity index (χ1n) is 12.6. The van der Waals surface area contributed by atoms with Crippen molar-refractivity contribution in [3.63, 3.8) is 0 Å². The highest BCUT2D eigenvalue weighted by Crippen LogP contribution is 2.53. The van der Waals surface area contributed by atoms with E-state index < -0.39 is 5.60 Å². The lowest BCUT2D eigenvalue weighted by atomic mass is 9.57. The van der Waals surface area contributed by atoms with Crippen molar-refractivity contribution < 1.29 is 19.1 Å². The van der Waals surface area contributed by atoms with Crippen LogP contribution in [0.25, 0.3) is 0 Å². The Balaban J connectivity index is 1.57. The number of hydrogen-bond acceptors (Lipinski definition) is 4. The summed E-state index contributed by atoms with van der Waals surface area (Å²) in [6.45, 7) is 9.97. The van der Waals surface area contributed by atoms with Crippen LogP contribution in [0.1, 0.15) is 86.0 Å². The van der Waals surface area contributed by atoms with Gasteiger partial charge in [0.2, 0.25) is 0 Å². The summed E-state index contributed by atoms with van der Waals surface area (Å²) in [6.07, 6.45) is 13.6. The number of carbonyl (C=O) groups excluding carboxylic acids is 2. The minimum Gasteiger partial charge on any atom is -0.462 e. The number of carbonyl (C=O) groups is 2. The summed E-state index contributed by atoms with van der Waals surface area (Å²) >= 11 is 0. The topological polar surface area (TPSA) is 55.8 Å². The highest BCUT2D eigenvalue weighted by atomic mass is 16.6. The Kier molecular flexibility index (Phi) is 6.42. The molecule has 4 rings (SSSR count). The van der Waals surface area contributed by atoms with Crippen LogP contribution in [0.3, 0.4) is 0 Å². The van der Waals surface area contributed by atoms with Gasteiger partial charge in [0, 0.05) is 12.0 Å². The summed E-state index contributed by atoms with van der Waals surface area (Å²) in [5.74, 6) is 1.98. The van der Waals surface area contributed by atoms with Gasteiger partial charge in [-0.05, 0) is 84.5 Å². The van der Waals surface area contributed by atoms with E-state index in [0.29, 0.717) is 17.8 Å². The Morgan fingerprint density at radius 3 is 2.55 bits per heavy atom. The van der Waals surface area contributed by atoms with E-state index >= 15 is 0 Å². The van der Waals surface area contributed by atoms with Gasteiger partial charge in [-0.2, -0.15) is 0 Å². The minimum absolute atomic E-state index is 0.0118. The number of likely N-dealkylation sites (tertiary alicyclic amines) is 1. The van der Waals surface area contributed by atoms with Crippen LogP contribution in [0.4, 0.5) is 4.79 Å². The second-order valence-electron chi connectivity index (χ2n) is 11.5. The number of ether oxygens (including phenoxy) is 2. The standard InChI is InChI=1S/C26H41NO4/c1-16-9-8-11-19(27(16)25(29)31-26(3,4)5)13-14-21-20-12-7-6-10-18(20)15-22-23(21)17(2)30-24(22)28/h13-14,16-23H,6-12,15H2,1-5H3/b14-13-/t16-,17-,18-,19+,20-,21+,22+,23-/m0/s1. The van der Waals surface area contributed by atoms with E-state index in [-0.39, 0.29) is 42.1 Å². The molecule has 31 heavy (non-hydrogen) atoms. The number of fused-ring (bicyclic) bond motifs is 2. The molecule has 2 saturated carbocycles. The predicted octanol–water partition coefficient (Wildman–Crippen LogP) is 5.72. The van der Waals surface area contributed by atoms with Crippen molar-refractivity contribution in [2.75, 3.05) is 0 Å². The van der Waals surface area contributed by atoms with E-state index in [2.05, 4.69) is 26.0 Å². The molecule has 0 N–H and O–H groups in total. The molecule has 4 aliphatic rings. The maximum absolute atomic E-state index is 13.0. The van der Waals surface area contributed by atoms with Crippen molar-refractivity contribution >= 4 is 12.1 Å². The molecule has 0 aromatic rings. The third-order valence-electron chi connectivity index (χ3n) is 8.19. The van der Waals surface area contributed by atoms with Crippen LogP contribution in [0.5, 0.6) is 0 Å². The van der Waals surface area contributed by atoms with Crippen LogP contribution in [0.15, 0.2) is 12.2 Å². The van der Waals surface area contributed by atoms with Crippen LogP contribution < -0.4 is 0 Å². The lowest BCUT2D eigenvalue weighted by molar-refractivity contribution is -0.144. The molecule has 0 bridgehead atoms. The van der Waals surface area contributed by atoms with Crippen molar-refractivity contribution in [1.29, 1.82) is 0 Å². The average Bonchev–Trinajstić information content (AvgIpc) is 2.97. The molecule has 0 aromatic heterocycles. The van der Waals surface area contributed by atoms with Crippen LogP contribution in [0, 0.1) is 29.6 Å². The first-order chi connectivity index (χ1) is 14.7. The van der Waals surface area contributed by atoms with Crippen LogP contribution in [0.2, 0.25) is 0 Å². The van der Waals surface area contributed by atoms with E-state index in [1.807, 2.05) is 25.7 Å². The van der Waals surface area contributed by atoms with Gasteiger partial charge in [0.1, 0.15) is 11.7 Å². The Labute approximate surface area is 187 Å². The Morgan fingerprint density at radius 1 is 1.06 bits per heavy atom. The smallest absolute Gasteiger partial charge is 0.411 e. The SMILES string of the molecule is C[C@@H]1OC(=O)[C@@H]2C[C@@H]3CCCC[C@@H]3[C@@H](/C=C\[C@H]3CCC[C@H](C)N3C(=O)OC(C)(C)C)[C@H]12. The fraction of sp³-hybridized carbons (Fsp3) is 0.846. The van der Waals surface area contributed by atoms with Crippen LogP contribution >= 0.6 is 0 Å². The third kappa shape index (κ3) is 4.66. The van der Waals surface area contributed by atoms with Gasteiger partial charge in [0.05, 0.1) is 12.0 Å². The van der Waals surface area contributed by atoms with Crippen LogP contribution in [-0.4, -0.2) is 40.8 Å². The molecule has 5 heteroatoms. The van der Waals surface area contributed by atoms with Crippen molar-refractivity contribution in [1.82, 2.24) is 4.90 Å². The number of allylic oxidation sites excluding steroid dienone is 1. The first-order valence-corrected chi connectivity index (χ1v) is 12.6. The van der Waals surface area contributed by atoms with Gasteiger partial charge >= 0.3 is 12.1 Å². The first kappa shape index (κ1) is 22.7. The fourth-order valence-electron chi connectivity index (χ4n) is 6.89. The molecule has 2 saturated heterocycles. The second kappa shape index (κ2) is 8.78. The zero-order valence-corrected chi connectivity index (χ0v) is 20.0. The molecule has 1 amide bonds. The van der Waals surface area contributed by atoms with Gasteiger partial charge in [0.25, 0.3) is 0 Å². The molecule has 0 radical (unpaired) electrons. The summed E-state index contributed by atoms with van der Waals surface area (Å²) in [7, 11) is 0. The van der Waals surface area contributed by atoms with Gasteiger partial charge in [0.15, 0.2) is 0 Å². The molecular formula is C26H41NO4. The molecule has 5 nitrogen and oxygen atoms in total. The second-order valence-corrected chi connectivity index (χ2v) is 11.5. The lowest BCUT2D eigenvalue weighted by Gasteiger charge is -2.46. The monoisotopic (exact) mass is 431 g/mol. The van der Waals surface area contributed by atoms with E-state index in [9.17, 15) is 9.59 Å². The van der Waals surface area contributed by atoms with Crippen molar-refractivity contribution in [2.45, 2.75) is 110 Å². The maximum Gasteiger partial charge on any atom is 0.411 e. The van der Waals surface area contributed by atoms with Crippen molar-refractivity contribution in [3.05, 3.63) is 12.2 Å². The molecule has 2 heterocycles. The summed E-state index contributed by atoms with van der Waals surface area (Å²) in [4.78, 5) is 27.5. The summed E-state index contributed by atoms with van der Waals surface area (Å²) < 4.78 is 11.5. The van der Waals surface area contributed by atoms with Crippen LogP contribution in [-0.2, 0) is 14.3 Å². The van der Waals surface area contributed by atoms with Gasteiger partial charge in [-0.25, -0.2) is 4.79 Å². The largest absolute Gasteiger partial charge is 0.462 e. The number of cyclic esters (lactones) is 1. The molecule has 2 aliphatic heterocycles. The predicted molar refractivity (Wildman–Crippen MR) is 120 cm³/mol. The highest BCUT2D eigenvalue weighted by Gasteiger charge is 2.53. The zero-order chi connectivity index (χ0) is 22.3. The van der Waals surface area contributed by atoms with E-state index in [0.717, 1.165) is 25.7 Å². The molecule has 4 fully saturated rings. The van der Waals surface area contributed by atoms with Gasteiger partial charge in [-0.15, -0.1) is 0 Å². The average molecular weight is 432 g/mol. The molecule has 174 valence electrons. The van der Waals surface area contributed by atoms with Gasteiger partial charge in [-0.3, -0.25) is 9.69 Å². The normalized spacial score (nSPS) is 40.9. The summed E-state index contributed by atoms with van der Waals surface area (Å²) in [5, 5.41) is 0. The van der Waals surface area contributed by atoms with E-state index in [1.165, 1.54) is 25.7 Å².